The molecule has 0 saturated carbocycles. The molecule has 3 heteroatoms. The first-order valence-corrected chi connectivity index (χ1v) is 6.05. The zero-order chi connectivity index (χ0) is 12.1. The molecule has 0 fully saturated rings. The molecule has 3 nitrogen and oxygen atoms in total. The van der Waals surface area contributed by atoms with E-state index >= 15 is 0 Å². The lowest BCUT2D eigenvalue weighted by molar-refractivity contribution is 0.689. The summed E-state index contributed by atoms with van der Waals surface area (Å²) >= 11 is 0. The largest absolute Gasteiger partial charge is 0.329 e. The first-order valence-electron chi connectivity index (χ1n) is 6.05. The molecule has 0 spiro atoms. The maximum absolute atomic E-state index is 4.22. The van der Waals surface area contributed by atoms with Crippen molar-refractivity contribution < 1.29 is 0 Å². The summed E-state index contributed by atoms with van der Waals surface area (Å²) in [5, 5.41) is 3.16. The third-order valence-corrected chi connectivity index (χ3v) is 3.00. The first kappa shape index (κ1) is 11.9. The van der Waals surface area contributed by atoms with Crippen LogP contribution in [0.1, 0.15) is 23.7 Å². The van der Waals surface area contributed by atoms with E-state index in [9.17, 15) is 0 Å². The highest BCUT2D eigenvalue weighted by molar-refractivity contribution is 5.27. The summed E-state index contributed by atoms with van der Waals surface area (Å²) in [6.07, 6.45) is 4.90. The zero-order valence-electron chi connectivity index (χ0n) is 10.5. The third kappa shape index (κ3) is 2.74. The number of nitrogens with one attached hydrogen (secondary N) is 1. The topological polar surface area (TPSA) is 29.9 Å². The minimum absolute atomic E-state index is 0.855. The van der Waals surface area contributed by atoms with Gasteiger partial charge in [-0.15, -0.1) is 0 Å². The van der Waals surface area contributed by atoms with Crippen LogP contribution in [-0.4, -0.2) is 16.6 Å². The summed E-state index contributed by atoms with van der Waals surface area (Å²) in [4.78, 5) is 4.22. The van der Waals surface area contributed by atoms with E-state index < -0.39 is 0 Å². The van der Waals surface area contributed by atoms with Crippen LogP contribution >= 0.6 is 0 Å². The fourth-order valence-corrected chi connectivity index (χ4v) is 2.06. The molecule has 17 heavy (non-hydrogen) atoms. The van der Waals surface area contributed by atoms with E-state index in [2.05, 4.69) is 46.1 Å². The van der Waals surface area contributed by atoms with E-state index in [4.69, 9.17) is 0 Å². The number of benzene rings is 1. The van der Waals surface area contributed by atoms with E-state index in [-0.39, 0.29) is 0 Å². The Morgan fingerprint density at radius 2 is 2.00 bits per heavy atom. The van der Waals surface area contributed by atoms with Gasteiger partial charge in [-0.2, -0.15) is 0 Å². The van der Waals surface area contributed by atoms with Gasteiger partial charge in [0.05, 0.1) is 12.0 Å². The van der Waals surface area contributed by atoms with E-state index in [0.717, 1.165) is 19.5 Å². The molecule has 1 heterocycles. The minimum atomic E-state index is 0.855. The van der Waals surface area contributed by atoms with E-state index in [1.54, 1.807) is 0 Å². The normalized spacial score (nSPS) is 10.7. The van der Waals surface area contributed by atoms with Crippen LogP contribution in [0.15, 0.2) is 36.8 Å². The Bertz CT molecular complexity index is 474. The van der Waals surface area contributed by atoms with Gasteiger partial charge in [0.2, 0.25) is 0 Å². The molecule has 0 amide bonds. The molecule has 0 radical (unpaired) electrons. The number of aryl methyl sites for hydroxylation is 1. The van der Waals surface area contributed by atoms with E-state index in [0.29, 0.717) is 0 Å². The van der Waals surface area contributed by atoms with Gasteiger partial charge in [-0.05, 0) is 24.6 Å². The SMILES string of the molecule is CCc1ccccc1Cn1cncc1CNC. The maximum Gasteiger partial charge on any atom is 0.0951 e. The second-order valence-corrected chi connectivity index (χ2v) is 4.17. The molecule has 90 valence electrons. The van der Waals surface area contributed by atoms with Crippen molar-refractivity contribution in [3.63, 3.8) is 0 Å². The van der Waals surface area contributed by atoms with Crippen LogP contribution in [0.25, 0.3) is 0 Å². The van der Waals surface area contributed by atoms with Crippen molar-refractivity contribution in [1.82, 2.24) is 14.9 Å². The number of imidazole rings is 1. The van der Waals surface area contributed by atoms with Crippen LogP contribution in [0, 0.1) is 0 Å². The molecule has 0 unspecified atom stereocenters. The average molecular weight is 229 g/mol. The van der Waals surface area contributed by atoms with E-state index in [1.807, 2.05) is 19.6 Å². The summed E-state index contributed by atoms with van der Waals surface area (Å²) < 4.78 is 2.20. The molecule has 2 aromatic rings. The van der Waals surface area contributed by atoms with Gasteiger partial charge in [-0.25, -0.2) is 4.98 Å². The van der Waals surface area contributed by atoms with Crippen LogP contribution in [-0.2, 0) is 19.5 Å². The van der Waals surface area contributed by atoms with Crippen molar-refractivity contribution in [2.24, 2.45) is 0 Å². The molecule has 0 saturated heterocycles. The fourth-order valence-electron chi connectivity index (χ4n) is 2.06. The van der Waals surface area contributed by atoms with Gasteiger partial charge >= 0.3 is 0 Å². The van der Waals surface area contributed by atoms with Crippen molar-refractivity contribution in [2.45, 2.75) is 26.4 Å². The Morgan fingerprint density at radius 1 is 1.24 bits per heavy atom. The van der Waals surface area contributed by atoms with Crippen LogP contribution in [0.5, 0.6) is 0 Å². The van der Waals surface area contributed by atoms with Crippen molar-refractivity contribution >= 4 is 0 Å². The summed E-state index contributed by atoms with van der Waals surface area (Å²) in [6, 6.07) is 8.60. The Morgan fingerprint density at radius 3 is 2.71 bits per heavy atom. The molecule has 1 aromatic heterocycles. The lowest BCUT2D eigenvalue weighted by atomic mass is 10.1. The van der Waals surface area contributed by atoms with Crippen LogP contribution in [0.3, 0.4) is 0 Å². The monoisotopic (exact) mass is 229 g/mol. The summed E-state index contributed by atoms with van der Waals surface area (Å²) in [6.45, 7) is 3.95. The predicted molar refractivity (Wildman–Crippen MR) is 69.9 cm³/mol. The summed E-state index contributed by atoms with van der Waals surface area (Å²) in [5.41, 5.74) is 4.01. The summed E-state index contributed by atoms with van der Waals surface area (Å²) in [7, 11) is 1.96. The number of hydrogen-bond donors (Lipinski definition) is 1. The highest BCUT2D eigenvalue weighted by atomic mass is 15.1. The molecular formula is C14H19N3. The third-order valence-electron chi connectivity index (χ3n) is 3.00. The van der Waals surface area contributed by atoms with Gasteiger partial charge in [0.1, 0.15) is 0 Å². The number of hydrogen-bond acceptors (Lipinski definition) is 2. The van der Waals surface area contributed by atoms with Gasteiger partial charge in [0.15, 0.2) is 0 Å². The Hall–Kier alpha value is -1.61. The number of nitrogens with zero attached hydrogens (tertiary/aromatic N) is 2. The number of aromatic nitrogens is 2. The van der Waals surface area contributed by atoms with Crippen molar-refractivity contribution in [1.29, 1.82) is 0 Å². The highest BCUT2D eigenvalue weighted by Gasteiger charge is 2.04. The Kier molecular flexibility index (Phi) is 3.94. The molecule has 0 bridgehead atoms. The van der Waals surface area contributed by atoms with Crippen LogP contribution in [0.2, 0.25) is 0 Å². The molecule has 0 aliphatic heterocycles. The summed E-state index contributed by atoms with van der Waals surface area (Å²) in [5.74, 6) is 0. The molecule has 2 rings (SSSR count). The quantitative estimate of drug-likeness (QED) is 0.852. The Balaban J connectivity index is 2.22. The number of rotatable bonds is 5. The second-order valence-electron chi connectivity index (χ2n) is 4.17. The Labute approximate surface area is 103 Å². The highest BCUT2D eigenvalue weighted by Crippen LogP contribution is 2.12. The van der Waals surface area contributed by atoms with Gasteiger partial charge in [-0.3, -0.25) is 0 Å². The van der Waals surface area contributed by atoms with E-state index in [1.165, 1.54) is 16.8 Å². The van der Waals surface area contributed by atoms with Crippen LogP contribution < -0.4 is 5.32 Å². The average Bonchev–Trinajstić information content (AvgIpc) is 2.78. The van der Waals surface area contributed by atoms with Gasteiger partial charge < -0.3 is 9.88 Å². The first-order chi connectivity index (χ1) is 8.35. The van der Waals surface area contributed by atoms with Crippen molar-refractivity contribution in [3.8, 4) is 0 Å². The lowest BCUT2D eigenvalue weighted by Crippen LogP contribution is -2.12. The molecule has 0 aliphatic rings. The molecule has 0 atom stereocenters. The second kappa shape index (κ2) is 5.64. The molecule has 1 aromatic carbocycles. The fraction of sp³-hybridized carbons (Fsp3) is 0.357. The molecule has 1 N–H and O–H groups in total. The molecular weight excluding hydrogens is 210 g/mol. The van der Waals surface area contributed by atoms with Crippen LogP contribution in [0.4, 0.5) is 0 Å². The standard InChI is InChI=1S/C14H19N3/c1-3-12-6-4-5-7-13(12)10-17-11-16-9-14(17)8-15-2/h4-7,9,11,15H,3,8,10H2,1-2H3. The van der Waals surface area contributed by atoms with Gasteiger partial charge in [0.25, 0.3) is 0 Å². The van der Waals surface area contributed by atoms with Crippen molar-refractivity contribution in [2.75, 3.05) is 7.05 Å². The molecule has 0 aliphatic carbocycles. The van der Waals surface area contributed by atoms with Gasteiger partial charge in [0, 0.05) is 19.3 Å². The lowest BCUT2D eigenvalue weighted by Gasteiger charge is -2.11. The maximum atomic E-state index is 4.22. The predicted octanol–water partition coefficient (Wildman–Crippen LogP) is 2.21. The zero-order valence-corrected chi connectivity index (χ0v) is 10.5. The van der Waals surface area contributed by atoms with Crippen molar-refractivity contribution in [3.05, 3.63) is 53.6 Å². The smallest absolute Gasteiger partial charge is 0.0951 e. The minimum Gasteiger partial charge on any atom is -0.329 e. The van der Waals surface area contributed by atoms with Gasteiger partial charge in [-0.1, -0.05) is 31.2 Å².